The molecule has 1 aromatic rings. The van der Waals surface area contributed by atoms with Crippen molar-refractivity contribution in [3.8, 4) is 0 Å². The first-order valence-electron chi connectivity index (χ1n) is 6.95. The van der Waals surface area contributed by atoms with Gasteiger partial charge in [-0.15, -0.1) is 0 Å². The summed E-state index contributed by atoms with van der Waals surface area (Å²) in [4.78, 5) is 20.9. The molecule has 1 aliphatic rings. The molecule has 1 amide bonds. The molecule has 0 aromatic carbocycles. The molecular formula is C14H22N4O. The third kappa shape index (κ3) is 3.23. The van der Waals surface area contributed by atoms with Crippen molar-refractivity contribution in [1.29, 1.82) is 0 Å². The maximum absolute atomic E-state index is 12.5. The van der Waals surface area contributed by atoms with Gasteiger partial charge in [-0.05, 0) is 19.5 Å². The topological polar surface area (TPSA) is 48.5 Å². The van der Waals surface area contributed by atoms with Crippen LogP contribution in [0, 0.1) is 0 Å². The van der Waals surface area contributed by atoms with Crippen LogP contribution in [0.25, 0.3) is 0 Å². The van der Waals surface area contributed by atoms with E-state index in [1.54, 1.807) is 18.5 Å². The normalized spacial score (nSPS) is 16.4. The summed E-state index contributed by atoms with van der Waals surface area (Å²) in [6.45, 7) is 9.55. The van der Waals surface area contributed by atoms with Gasteiger partial charge in [0.15, 0.2) is 0 Å². The van der Waals surface area contributed by atoms with Gasteiger partial charge in [-0.25, -0.2) is 0 Å². The predicted octanol–water partition coefficient (Wildman–Crippen LogP) is 1.29. The summed E-state index contributed by atoms with van der Waals surface area (Å²) in [7, 11) is 0. The zero-order valence-corrected chi connectivity index (χ0v) is 11.7. The number of hydrogen-bond acceptors (Lipinski definition) is 4. The molecule has 1 aliphatic heterocycles. The van der Waals surface area contributed by atoms with E-state index in [1.165, 1.54) is 0 Å². The van der Waals surface area contributed by atoms with Gasteiger partial charge in [0.2, 0.25) is 0 Å². The maximum atomic E-state index is 12.5. The van der Waals surface area contributed by atoms with Gasteiger partial charge in [-0.3, -0.25) is 9.78 Å². The van der Waals surface area contributed by atoms with Crippen LogP contribution in [0.1, 0.15) is 24.2 Å². The summed E-state index contributed by atoms with van der Waals surface area (Å²) in [5.41, 5.74) is 1.55. The fraction of sp³-hybridized carbons (Fsp3) is 0.571. The molecule has 1 N–H and O–H groups in total. The van der Waals surface area contributed by atoms with E-state index in [4.69, 9.17) is 0 Å². The highest BCUT2D eigenvalue weighted by atomic mass is 16.2. The molecule has 1 aromatic heterocycles. The van der Waals surface area contributed by atoms with E-state index in [0.29, 0.717) is 0 Å². The lowest BCUT2D eigenvalue weighted by atomic mass is 10.1. The Morgan fingerprint density at radius 2 is 2.05 bits per heavy atom. The lowest BCUT2D eigenvalue weighted by Crippen LogP contribution is -2.48. The van der Waals surface area contributed by atoms with Crippen molar-refractivity contribution in [2.24, 2.45) is 0 Å². The van der Waals surface area contributed by atoms with Crippen LogP contribution in [0.15, 0.2) is 18.5 Å². The second kappa shape index (κ2) is 6.52. The molecule has 104 valence electrons. The Morgan fingerprint density at radius 1 is 1.32 bits per heavy atom. The summed E-state index contributed by atoms with van der Waals surface area (Å²) in [5, 5.41) is 3.20. The Balaban J connectivity index is 2.07. The third-order valence-electron chi connectivity index (χ3n) is 3.53. The number of rotatable bonds is 4. The molecule has 0 unspecified atom stereocenters. The van der Waals surface area contributed by atoms with E-state index in [0.717, 1.165) is 50.5 Å². The number of aromatic nitrogens is 1. The lowest BCUT2D eigenvalue weighted by molar-refractivity contribution is 0.0644. The monoisotopic (exact) mass is 262 g/mol. The van der Waals surface area contributed by atoms with Crippen LogP contribution in [0.5, 0.6) is 0 Å². The molecular weight excluding hydrogens is 240 g/mol. The van der Waals surface area contributed by atoms with Gasteiger partial charge in [-0.2, -0.15) is 0 Å². The highest BCUT2D eigenvalue weighted by Crippen LogP contribution is 2.16. The van der Waals surface area contributed by atoms with Crippen molar-refractivity contribution in [2.75, 3.05) is 44.6 Å². The molecule has 5 heteroatoms. The number of nitrogens with zero attached hydrogens (tertiary/aromatic N) is 3. The second-order valence-corrected chi connectivity index (χ2v) is 4.68. The Morgan fingerprint density at radius 3 is 2.68 bits per heavy atom. The van der Waals surface area contributed by atoms with Crippen molar-refractivity contribution < 1.29 is 4.79 Å². The van der Waals surface area contributed by atoms with E-state index < -0.39 is 0 Å². The van der Waals surface area contributed by atoms with E-state index in [-0.39, 0.29) is 5.91 Å². The summed E-state index contributed by atoms with van der Waals surface area (Å²) in [5.74, 6) is 0.106. The van der Waals surface area contributed by atoms with E-state index in [2.05, 4.69) is 22.1 Å². The van der Waals surface area contributed by atoms with Gasteiger partial charge in [0.25, 0.3) is 5.91 Å². The van der Waals surface area contributed by atoms with Crippen molar-refractivity contribution in [3.05, 3.63) is 24.0 Å². The molecule has 0 atom stereocenters. The average molecular weight is 262 g/mol. The quantitative estimate of drug-likeness (QED) is 0.888. The fourth-order valence-electron chi connectivity index (χ4n) is 2.35. The minimum Gasteiger partial charge on any atom is -0.383 e. The van der Waals surface area contributed by atoms with Crippen LogP contribution < -0.4 is 5.32 Å². The Labute approximate surface area is 114 Å². The highest BCUT2D eigenvalue weighted by Gasteiger charge is 2.22. The number of pyridine rings is 1. The molecule has 1 fully saturated rings. The van der Waals surface area contributed by atoms with E-state index in [9.17, 15) is 4.79 Å². The van der Waals surface area contributed by atoms with Crippen LogP contribution in [0.4, 0.5) is 5.69 Å². The number of carbonyl (C=O) groups is 1. The molecule has 5 nitrogen and oxygen atoms in total. The molecule has 0 bridgehead atoms. The van der Waals surface area contributed by atoms with Gasteiger partial charge in [0, 0.05) is 38.9 Å². The number of carbonyl (C=O) groups excluding carboxylic acids is 1. The van der Waals surface area contributed by atoms with E-state index in [1.807, 2.05) is 11.8 Å². The van der Waals surface area contributed by atoms with E-state index >= 15 is 0 Å². The number of piperazine rings is 1. The average Bonchev–Trinajstić information content (AvgIpc) is 2.47. The van der Waals surface area contributed by atoms with Gasteiger partial charge < -0.3 is 15.1 Å². The Hall–Kier alpha value is -1.62. The first kappa shape index (κ1) is 13.8. The fourth-order valence-corrected chi connectivity index (χ4v) is 2.35. The van der Waals surface area contributed by atoms with Crippen molar-refractivity contribution >= 4 is 11.6 Å². The zero-order chi connectivity index (χ0) is 13.7. The van der Waals surface area contributed by atoms with Crippen LogP contribution in [0.2, 0.25) is 0 Å². The van der Waals surface area contributed by atoms with Crippen molar-refractivity contribution in [1.82, 2.24) is 14.8 Å². The van der Waals surface area contributed by atoms with Gasteiger partial charge in [0.1, 0.15) is 0 Å². The number of anilines is 1. The smallest absolute Gasteiger partial charge is 0.256 e. The Bertz CT molecular complexity index is 427. The highest BCUT2D eigenvalue weighted by molar-refractivity contribution is 5.99. The lowest BCUT2D eigenvalue weighted by Gasteiger charge is -2.34. The number of amides is 1. The summed E-state index contributed by atoms with van der Waals surface area (Å²) < 4.78 is 0. The van der Waals surface area contributed by atoms with Crippen molar-refractivity contribution in [2.45, 2.75) is 13.8 Å². The van der Waals surface area contributed by atoms with Gasteiger partial charge in [0.05, 0.1) is 17.4 Å². The molecule has 0 saturated carbocycles. The predicted molar refractivity (Wildman–Crippen MR) is 76.4 cm³/mol. The zero-order valence-electron chi connectivity index (χ0n) is 11.7. The van der Waals surface area contributed by atoms with Crippen LogP contribution in [-0.2, 0) is 0 Å². The SMILES string of the molecule is CCNc1cnccc1C(=O)N1CCN(CC)CC1. The first-order valence-corrected chi connectivity index (χ1v) is 6.95. The molecule has 0 radical (unpaired) electrons. The van der Waals surface area contributed by atoms with Crippen LogP contribution in [0.3, 0.4) is 0 Å². The summed E-state index contributed by atoms with van der Waals surface area (Å²) >= 11 is 0. The third-order valence-corrected chi connectivity index (χ3v) is 3.53. The number of nitrogens with one attached hydrogen (secondary N) is 1. The van der Waals surface area contributed by atoms with Crippen LogP contribution in [-0.4, -0.2) is 60.0 Å². The molecule has 1 saturated heterocycles. The summed E-state index contributed by atoms with van der Waals surface area (Å²) in [6.07, 6.45) is 3.40. The van der Waals surface area contributed by atoms with Crippen molar-refractivity contribution in [3.63, 3.8) is 0 Å². The number of likely N-dealkylation sites (N-methyl/N-ethyl adjacent to an activating group) is 1. The Kier molecular flexibility index (Phi) is 4.74. The molecule has 0 spiro atoms. The summed E-state index contributed by atoms with van der Waals surface area (Å²) in [6, 6.07) is 1.80. The minimum atomic E-state index is 0.106. The van der Waals surface area contributed by atoms with Crippen LogP contribution >= 0.6 is 0 Å². The standard InChI is InChI=1S/C14H22N4O/c1-3-16-13-11-15-6-5-12(13)14(19)18-9-7-17(4-2)8-10-18/h5-6,11,16H,3-4,7-10H2,1-2H3. The van der Waals surface area contributed by atoms with Gasteiger partial charge in [-0.1, -0.05) is 6.92 Å². The molecule has 2 rings (SSSR count). The maximum Gasteiger partial charge on any atom is 0.256 e. The second-order valence-electron chi connectivity index (χ2n) is 4.68. The molecule has 2 heterocycles. The van der Waals surface area contributed by atoms with Gasteiger partial charge >= 0.3 is 0 Å². The molecule has 19 heavy (non-hydrogen) atoms. The molecule has 0 aliphatic carbocycles. The first-order chi connectivity index (χ1) is 9.26. The minimum absolute atomic E-state index is 0.106. The largest absolute Gasteiger partial charge is 0.383 e. The number of hydrogen-bond donors (Lipinski definition) is 1.